The van der Waals surface area contributed by atoms with Crippen LogP contribution < -0.4 is 10.4 Å². The van der Waals surface area contributed by atoms with E-state index in [4.69, 9.17) is 4.74 Å². The van der Waals surface area contributed by atoms with Crippen LogP contribution in [0.4, 0.5) is 5.00 Å². The van der Waals surface area contributed by atoms with E-state index in [0.29, 0.717) is 22.9 Å². The number of nitrogens with one attached hydrogen (secondary N) is 1. The van der Waals surface area contributed by atoms with E-state index in [1.807, 2.05) is 12.2 Å². The second-order valence-electron chi connectivity index (χ2n) is 8.08. The van der Waals surface area contributed by atoms with Crippen LogP contribution in [0, 0.1) is 29.6 Å². The van der Waals surface area contributed by atoms with Gasteiger partial charge in [0.05, 0.1) is 18.1 Å². The highest BCUT2D eigenvalue weighted by Crippen LogP contribution is 2.49. The van der Waals surface area contributed by atoms with Gasteiger partial charge in [0.1, 0.15) is 5.00 Å². The van der Waals surface area contributed by atoms with E-state index in [2.05, 4.69) is 12.2 Å². The predicted octanol–water partition coefficient (Wildman–Crippen LogP) is 2.18. The maximum Gasteiger partial charge on any atom is 0.341 e. The average molecular weight is 402 g/mol. The molecule has 1 aromatic rings. The van der Waals surface area contributed by atoms with Gasteiger partial charge in [0.2, 0.25) is 5.91 Å². The molecule has 2 bridgehead atoms. The van der Waals surface area contributed by atoms with Gasteiger partial charge in [-0.2, -0.15) is 0 Å². The number of carbonyl (C=O) groups excluding carboxylic acids is 3. The molecule has 4 rings (SSSR count). The molecule has 1 N–H and O–H groups in total. The van der Waals surface area contributed by atoms with Crippen molar-refractivity contribution in [3.05, 3.63) is 28.2 Å². The van der Waals surface area contributed by atoms with Crippen LogP contribution >= 0.6 is 11.3 Å². The number of rotatable bonds is 5. The Labute approximate surface area is 168 Å². The monoisotopic (exact) mass is 402 g/mol. The normalized spacial score (nSPS) is 30.1. The lowest BCUT2D eigenvalue weighted by Gasteiger charge is -2.27. The fraction of sp³-hybridized carbons (Fsp3) is 0.571. The first-order valence-corrected chi connectivity index (χ1v) is 10.7. The molecule has 0 saturated heterocycles. The van der Waals surface area contributed by atoms with Crippen LogP contribution in [0.25, 0.3) is 0 Å². The topological polar surface area (TPSA) is 95.5 Å². The molecule has 1 saturated carbocycles. The Morgan fingerprint density at radius 2 is 1.96 bits per heavy atom. The van der Waals surface area contributed by atoms with Crippen molar-refractivity contribution in [2.24, 2.45) is 29.6 Å². The van der Waals surface area contributed by atoms with Gasteiger partial charge in [-0.15, -0.1) is 11.3 Å². The van der Waals surface area contributed by atoms with Crippen LogP contribution in [0.15, 0.2) is 12.2 Å². The number of carboxylic acid groups (broad SMARTS) is 1. The Balaban J connectivity index is 1.64. The summed E-state index contributed by atoms with van der Waals surface area (Å²) >= 11 is 1.42. The molecule has 0 aliphatic heterocycles. The van der Waals surface area contributed by atoms with Crippen LogP contribution in [0.1, 0.15) is 47.5 Å². The molecule has 7 heteroatoms. The molecule has 6 nitrogen and oxygen atoms in total. The van der Waals surface area contributed by atoms with E-state index in [0.717, 1.165) is 29.7 Å². The Hall–Kier alpha value is -2.15. The minimum Gasteiger partial charge on any atom is -0.550 e. The number of carboxylic acids is 1. The average Bonchev–Trinajstić information content (AvgIpc) is 3.33. The van der Waals surface area contributed by atoms with Crippen LogP contribution in [0.3, 0.4) is 0 Å². The van der Waals surface area contributed by atoms with Crippen LogP contribution in [-0.4, -0.2) is 24.5 Å². The summed E-state index contributed by atoms with van der Waals surface area (Å²) in [5, 5.41) is 15.0. The number of thiophene rings is 1. The van der Waals surface area contributed by atoms with E-state index >= 15 is 0 Å². The van der Waals surface area contributed by atoms with Crippen molar-refractivity contribution in [3.8, 4) is 0 Å². The molecule has 0 aromatic carbocycles. The molecule has 3 aliphatic carbocycles. The van der Waals surface area contributed by atoms with Crippen LogP contribution in [-0.2, 0) is 27.2 Å². The lowest BCUT2D eigenvalue weighted by Crippen LogP contribution is -2.42. The second kappa shape index (κ2) is 7.35. The molecule has 5 atom stereocenters. The zero-order valence-electron chi connectivity index (χ0n) is 16.0. The van der Waals surface area contributed by atoms with Crippen molar-refractivity contribution < 1.29 is 24.2 Å². The fourth-order valence-electron chi connectivity index (χ4n) is 4.95. The van der Waals surface area contributed by atoms with E-state index in [1.165, 1.54) is 11.3 Å². The van der Waals surface area contributed by atoms with Gasteiger partial charge in [0.15, 0.2) is 0 Å². The number of carbonyl (C=O) groups is 3. The molecular weight excluding hydrogens is 378 g/mol. The summed E-state index contributed by atoms with van der Waals surface area (Å²) in [6, 6.07) is 0. The second-order valence-corrected chi connectivity index (χ2v) is 9.19. The summed E-state index contributed by atoms with van der Waals surface area (Å²) in [5.74, 6) is -3.12. The zero-order valence-corrected chi connectivity index (χ0v) is 16.8. The van der Waals surface area contributed by atoms with Gasteiger partial charge >= 0.3 is 5.97 Å². The molecule has 0 spiro atoms. The molecule has 150 valence electrons. The molecule has 3 aliphatic rings. The Bertz CT molecular complexity index is 857. The largest absolute Gasteiger partial charge is 0.550 e. The number of allylic oxidation sites excluding steroid dienone is 2. The highest BCUT2D eigenvalue weighted by molar-refractivity contribution is 7.17. The highest BCUT2D eigenvalue weighted by Gasteiger charge is 2.49. The Morgan fingerprint density at radius 1 is 1.25 bits per heavy atom. The molecule has 1 fully saturated rings. The summed E-state index contributed by atoms with van der Waals surface area (Å²) in [6.45, 7) is 4.19. The summed E-state index contributed by atoms with van der Waals surface area (Å²) in [4.78, 5) is 38.4. The maximum atomic E-state index is 13.0. The van der Waals surface area contributed by atoms with Gasteiger partial charge in [0, 0.05) is 16.8 Å². The molecule has 1 aromatic heterocycles. The summed E-state index contributed by atoms with van der Waals surface area (Å²) < 4.78 is 5.24. The number of hydrogen-bond donors (Lipinski definition) is 1. The van der Waals surface area contributed by atoms with E-state index in [9.17, 15) is 19.5 Å². The van der Waals surface area contributed by atoms with Crippen molar-refractivity contribution in [2.45, 2.75) is 39.5 Å². The van der Waals surface area contributed by atoms with Crippen molar-refractivity contribution in [1.82, 2.24) is 0 Å². The minimum absolute atomic E-state index is 0.0893. The molecular formula is C21H24NO5S-. The molecule has 28 heavy (non-hydrogen) atoms. The quantitative estimate of drug-likeness (QED) is 0.602. The molecule has 1 heterocycles. The molecule has 0 unspecified atom stereocenters. The predicted molar refractivity (Wildman–Crippen MR) is 103 cm³/mol. The molecule has 1 amide bonds. The third-order valence-electron chi connectivity index (χ3n) is 6.26. The minimum atomic E-state index is -1.18. The van der Waals surface area contributed by atoms with E-state index in [1.54, 1.807) is 6.92 Å². The van der Waals surface area contributed by atoms with Gasteiger partial charge in [0.25, 0.3) is 0 Å². The molecule has 0 radical (unpaired) electrons. The van der Waals surface area contributed by atoms with Crippen molar-refractivity contribution in [2.75, 3.05) is 11.9 Å². The number of fused-ring (bicyclic) bond motifs is 3. The number of amides is 1. The van der Waals surface area contributed by atoms with Crippen LogP contribution in [0.5, 0.6) is 0 Å². The first-order valence-electron chi connectivity index (χ1n) is 9.92. The highest BCUT2D eigenvalue weighted by atomic mass is 32.1. The van der Waals surface area contributed by atoms with Gasteiger partial charge in [-0.25, -0.2) is 4.79 Å². The Kier molecular flexibility index (Phi) is 5.04. The van der Waals surface area contributed by atoms with Gasteiger partial charge in [-0.05, 0) is 55.9 Å². The van der Waals surface area contributed by atoms with Crippen molar-refractivity contribution in [3.63, 3.8) is 0 Å². The van der Waals surface area contributed by atoms with E-state index < -0.39 is 23.8 Å². The summed E-state index contributed by atoms with van der Waals surface area (Å²) in [5.41, 5.74) is 1.42. The smallest absolute Gasteiger partial charge is 0.341 e. The van der Waals surface area contributed by atoms with Crippen LogP contribution in [0.2, 0.25) is 0 Å². The number of hydrogen-bond acceptors (Lipinski definition) is 6. The first kappa shape index (κ1) is 19.2. The number of esters is 1. The third-order valence-corrected chi connectivity index (χ3v) is 7.43. The fourth-order valence-corrected chi connectivity index (χ4v) is 6.36. The zero-order chi connectivity index (χ0) is 20.0. The third kappa shape index (κ3) is 3.15. The SMILES string of the molecule is CCOC(=O)c1c(NC(=O)[C@H]2[C@@H](C(=O)[O-])[C@H]3C=C[C@@H]2C3)sc2c1CC[C@@H](C)C2. The standard InChI is InChI=1S/C21H25NO5S/c1-3-27-21(26)17-13-7-4-10(2)8-14(13)28-19(17)22-18(23)15-11-5-6-12(9-11)16(15)20(24)25/h5-6,10-12,15-16H,3-4,7-9H2,1-2H3,(H,22,23)(H,24,25)/p-1/t10-,11-,12+,15-,16+/m1/s1. The van der Waals surface area contributed by atoms with Gasteiger partial charge < -0.3 is 20.0 Å². The summed E-state index contributed by atoms with van der Waals surface area (Å²) in [7, 11) is 0. The number of aliphatic carboxylic acids is 1. The van der Waals surface area contributed by atoms with Crippen molar-refractivity contribution >= 4 is 34.2 Å². The number of anilines is 1. The van der Waals surface area contributed by atoms with Crippen molar-refractivity contribution in [1.29, 1.82) is 0 Å². The number of ether oxygens (including phenoxy) is 1. The Morgan fingerprint density at radius 3 is 2.64 bits per heavy atom. The van der Waals surface area contributed by atoms with Gasteiger partial charge in [-0.3, -0.25) is 4.79 Å². The van der Waals surface area contributed by atoms with Gasteiger partial charge in [-0.1, -0.05) is 19.1 Å². The summed E-state index contributed by atoms with van der Waals surface area (Å²) in [6.07, 6.45) is 7.13. The lowest BCUT2D eigenvalue weighted by atomic mass is 9.82. The first-order chi connectivity index (χ1) is 13.4. The lowest BCUT2D eigenvalue weighted by molar-refractivity contribution is -0.313. The van der Waals surface area contributed by atoms with E-state index in [-0.39, 0.29) is 24.3 Å². The maximum absolute atomic E-state index is 13.0.